The van der Waals surface area contributed by atoms with Crippen molar-refractivity contribution in [1.29, 1.82) is 0 Å². The van der Waals surface area contributed by atoms with Gasteiger partial charge in [-0.1, -0.05) is 18.3 Å². The van der Waals surface area contributed by atoms with Crippen molar-refractivity contribution in [2.45, 2.75) is 57.2 Å². The van der Waals surface area contributed by atoms with E-state index < -0.39 is 11.2 Å². The lowest BCUT2D eigenvalue weighted by Crippen LogP contribution is -2.33. The van der Waals surface area contributed by atoms with Crippen molar-refractivity contribution in [1.82, 2.24) is 0 Å². The zero-order valence-corrected chi connectivity index (χ0v) is 8.84. The summed E-state index contributed by atoms with van der Waals surface area (Å²) in [4.78, 5) is 4.49. The normalized spacial score (nSPS) is 21.1. The van der Waals surface area contributed by atoms with Crippen LogP contribution in [0.5, 0.6) is 0 Å². The van der Waals surface area contributed by atoms with Crippen molar-refractivity contribution in [2.24, 2.45) is 0 Å². The quantitative estimate of drug-likeness (QED) is 0.384. The van der Waals surface area contributed by atoms with E-state index >= 15 is 0 Å². The predicted octanol–water partition coefficient (Wildman–Crippen LogP) is 1.95. The average Bonchev–Trinajstić information content (AvgIpc) is 2.15. The van der Waals surface area contributed by atoms with E-state index in [4.69, 9.17) is 5.26 Å². The summed E-state index contributed by atoms with van der Waals surface area (Å²) in [7, 11) is 0. The Balaban J connectivity index is 2.73. The summed E-state index contributed by atoms with van der Waals surface area (Å²) in [6, 6.07) is 0. The Bertz CT molecular complexity index is 235. The third-order valence-corrected chi connectivity index (χ3v) is 2.43. The van der Waals surface area contributed by atoms with Crippen LogP contribution in [0.3, 0.4) is 0 Å². The molecule has 1 aliphatic rings. The molecule has 0 saturated heterocycles. The van der Waals surface area contributed by atoms with Gasteiger partial charge in [-0.25, -0.2) is 4.89 Å². The second-order valence-corrected chi connectivity index (χ2v) is 4.46. The van der Waals surface area contributed by atoms with E-state index in [0.717, 1.165) is 32.1 Å². The fourth-order valence-electron chi connectivity index (χ4n) is 1.63. The molecular formula is C11H18O3. The van der Waals surface area contributed by atoms with Crippen LogP contribution in [-0.4, -0.2) is 21.6 Å². The van der Waals surface area contributed by atoms with Crippen molar-refractivity contribution in [3.8, 4) is 11.8 Å². The van der Waals surface area contributed by atoms with E-state index in [1.165, 1.54) is 0 Å². The molecule has 0 unspecified atom stereocenters. The van der Waals surface area contributed by atoms with Crippen molar-refractivity contribution < 1.29 is 15.3 Å². The first-order valence-electron chi connectivity index (χ1n) is 5.07. The monoisotopic (exact) mass is 198 g/mol. The van der Waals surface area contributed by atoms with Gasteiger partial charge in [0.25, 0.3) is 0 Å². The van der Waals surface area contributed by atoms with Crippen molar-refractivity contribution in [2.75, 3.05) is 0 Å². The highest BCUT2D eigenvalue weighted by Crippen LogP contribution is 2.30. The molecule has 3 nitrogen and oxygen atoms in total. The van der Waals surface area contributed by atoms with Crippen LogP contribution in [0.4, 0.5) is 0 Å². The third kappa shape index (κ3) is 3.30. The van der Waals surface area contributed by atoms with Crippen LogP contribution in [-0.2, 0) is 4.89 Å². The van der Waals surface area contributed by atoms with Crippen LogP contribution in [0.2, 0.25) is 0 Å². The largest absolute Gasteiger partial charge is 0.378 e. The molecule has 0 spiro atoms. The molecular weight excluding hydrogens is 180 g/mol. The Morgan fingerprint density at radius 3 is 2.21 bits per heavy atom. The molecule has 0 amide bonds. The van der Waals surface area contributed by atoms with Crippen LogP contribution >= 0.6 is 0 Å². The Morgan fingerprint density at radius 1 is 1.21 bits per heavy atom. The average molecular weight is 198 g/mol. The first-order chi connectivity index (χ1) is 6.47. The van der Waals surface area contributed by atoms with E-state index in [1.807, 2.05) is 0 Å². The van der Waals surface area contributed by atoms with Gasteiger partial charge in [-0.15, -0.1) is 0 Å². The predicted molar refractivity (Wildman–Crippen MR) is 53.6 cm³/mol. The van der Waals surface area contributed by atoms with E-state index in [9.17, 15) is 5.11 Å². The maximum atomic E-state index is 9.45. The zero-order chi connectivity index (χ0) is 10.7. The van der Waals surface area contributed by atoms with Gasteiger partial charge in [0.1, 0.15) is 5.60 Å². The van der Waals surface area contributed by atoms with Crippen molar-refractivity contribution in [3.05, 3.63) is 0 Å². The Kier molecular flexibility index (Phi) is 3.54. The molecule has 1 saturated carbocycles. The lowest BCUT2D eigenvalue weighted by Gasteiger charge is -2.29. The van der Waals surface area contributed by atoms with Crippen LogP contribution in [0.1, 0.15) is 46.0 Å². The molecule has 1 rings (SSSR count). The number of hydrogen-bond acceptors (Lipinski definition) is 3. The molecule has 0 atom stereocenters. The molecule has 0 radical (unpaired) electrons. The van der Waals surface area contributed by atoms with E-state index in [2.05, 4.69) is 16.7 Å². The summed E-state index contributed by atoms with van der Waals surface area (Å²) >= 11 is 0. The molecule has 0 aliphatic heterocycles. The Labute approximate surface area is 85.0 Å². The minimum absolute atomic E-state index is 0.738. The highest BCUT2D eigenvalue weighted by atomic mass is 17.1. The molecule has 1 aliphatic carbocycles. The van der Waals surface area contributed by atoms with Gasteiger partial charge in [0.2, 0.25) is 0 Å². The van der Waals surface area contributed by atoms with Gasteiger partial charge in [-0.2, -0.15) is 0 Å². The van der Waals surface area contributed by atoms with Crippen LogP contribution in [0.25, 0.3) is 0 Å². The topological polar surface area (TPSA) is 49.7 Å². The molecule has 14 heavy (non-hydrogen) atoms. The van der Waals surface area contributed by atoms with Crippen molar-refractivity contribution in [3.63, 3.8) is 0 Å². The Hall–Kier alpha value is -0.560. The fourth-order valence-corrected chi connectivity index (χ4v) is 1.63. The van der Waals surface area contributed by atoms with Crippen molar-refractivity contribution >= 4 is 0 Å². The highest BCUT2D eigenvalue weighted by molar-refractivity contribution is 5.20. The number of hydrogen-bond donors (Lipinski definition) is 2. The van der Waals surface area contributed by atoms with Gasteiger partial charge >= 0.3 is 0 Å². The first-order valence-corrected chi connectivity index (χ1v) is 5.07. The minimum Gasteiger partial charge on any atom is -0.378 e. The lowest BCUT2D eigenvalue weighted by molar-refractivity contribution is -0.310. The maximum Gasteiger partial charge on any atom is 0.163 e. The molecule has 0 bridgehead atoms. The molecule has 2 N–H and O–H groups in total. The molecule has 0 aromatic carbocycles. The number of rotatable bonds is 1. The summed E-state index contributed by atoms with van der Waals surface area (Å²) in [5, 5.41) is 18.3. The molecule has 0 heterocycles. The smallest absolute Gasteiger partial charge is 0.163 e. The van der Waals surface area contributed by atoms with E-state index in [-0.39, 0.29) is 0 Å². The zero-order valence-electron chi connectivity index (χ0n) is 8.84. The standard InChI is InChI=1S/C11H18O3/c1-10(2,12)8-9-11(14-13)6-4-3-5-7-11/h12-13H,3-7H2,1-2H3. The van der Waals surface area contributed by atoms with Crippen LogP contribution in [0.15, 0.2) is 0 Å². The summed E-state index contributed by atoms with van der Waals surface area (Å²) in [5.41, 5.74) is -1.76. The molecule has 0 aromatic heterocycles. The molecule has 3 heteroatoms. The van der Waals surface area contributed by atoms with Crippen LogP contribution < -0.4 is 0 Å². The van der Waals surface area contributed by atoms with Gasteiger partial charge in [0.15, 0.2) is 5.60 Å². The van der Waals surface area contributed by atoms with Crippen LogP contribution in [0, 0.1) is 11.8 Å². The van der Waals surface area contributed by atoms with Gasteiger partial charge in [0.05, 0.1) is 0 Å². The molecule has 0 aromatic rings. The third-order valence-electron chi connectivity index (χ3n) is 2.43. The van der Waals surface area contributed by atoms with Gasteiger partial charge < -0.3 is 5.11 Å². The SMILES string of the molecule is CC(C)(O)C#CC1(OO)CCCCC1. The summed E-state index contributed by atoms with van der Waals surface area (Å²) in [6.45, 7) is 3.24. The first kappa shape index (κ1) is 11.5. The molecule has 1 fully saturated rings. The van der Waals surface area contributed by atoms with E-state index in [0.29, 0.717) is 0 Å². The van der Waals surface area contributed by atoms with Gasteiger partial charge in [0, 0.05) is 0 Å². The van der Waals surface area contributed by atoms with Gasteiger partial charge in [-0.05, 0) is 39.5 Å². The van der Waals surface area contributed by atoms with E-state index in [1.54, 1.807) is 13.8 Å². The Morgan fingerprint density at radius 2 is 1.79 bits per heavy atom. The molecule has 80 valence electrons. The summed E-state index contributed by atoms with van der Waals surface area (Å²) < 4.78 is 0. The fraction of sp³-hybridized carbons (Fsp3) is 0.818. The summed E-state index contributed by atoms with van der Waals surface area (Å²) in [6.07, 6.45) is 4.68. The maximum absolute atomic E-state index is 9.45. The highest BCUT2D eigenvalue weighted by Gasteiger charge is 2.32. The number of aliphatic hydroxyl groups is 1. The summed E-state index contributed by atoms with van der Waals surface area (Å²) in [5.74, 6) is 5.56. The van der Waals surface area contributed by atoms with Gasteiger partial charge in [-0.3, -0.25) is 5.26 Å². The minimum atomic E-state index is -1.02. The second-order valence-electron chi connectivity index (χ2n) is 4.46. The lowest BCUT2D eigenvalue weighted by atomic mass is 9.85. The second kappa shape index (κ2) is 4.31.